The van der Waals surface area contributed by atoms with Gasteiger partial charge < -0.3 is 19.6 Å². The van der Waals surface area contributed by atoms with Gasteiger partial charge in [-0.2, -0.15) is 4.57 Å². The van der Waals surface area contributed by atoms with E-state index in [9.17, 15) is 0 Å². The fourth-order valence-corrected chi connectivity index (χ4v) is 7.67. The van der Waals surface area contributed by atoms with E-state index in [4.69, 9.17) is 0 Å². The Balaban J connectivity index is 1.19. The average molecular weight is 740 g/mol. The van der Waals surface area contributed by atoms with Crippen molar-refractivity contribution in [3.8, 4) is 0 Å². The molecular formula is C44H63N6S2+. The lowest BCUT2D eigenvalue weighted by atomic mass is 10.1. The number of hydrogen-bond acceptors (Lipinski definition) is 7. The van der Waals surface area contributed by atoms with Crippen molar-refractivity contribution in [2.75, 3.05) is 95.3 Å². The highest BCUT2D eigenvalue weighted by Gasteiger charge is 2.06. The van der Waals surface area contributed by atoms with Crippen LogP contribution in [0.15, 0.2) is 108 Å². The Morgan fingerprint density at radius 2 is 1.12 bits per heavy atom. The van der Waals surface area contributed by atoms with E-state index in [-0.39, 0.29) is 0 Å². The van der Waals surface area contributed by atoms with Crippen molar-refractivity contribution in [3.63, 3.8) is 0 Å². The first-order valence-corrected chi connectivity index (χ1v) is 21.3. The zero-order valence-corrected chi connectivity index (χ0v) is 34.2. The Bertz CT molecular complexity index is 1530. The van der Waals surface area contributed by atoms with E-state index >= 15 is 0 Å². The smallest absolute Gasteiger partial charge is 0.205 e. The van der Waals surface area contributed by atoms with E-state index in [1.54, 1.807) is 0 Å². The van der Waals surface area contributed by atoms with Crippen LogP contribution in [-0.4, -0.2) is 102 Å². The molecule has 1 heterocycles. The van der Waals surface area contributed by atoms with Crippen LogP contribution >= 0.6 is 21.6 Å². The van der Waals surface area contributed by atoms with Crippen LogP contribution in [0.4, 0.5) is 11.4 Å². The molecule has 2 aromatic carbocycles. The minimum atomic E-state index is 0.820. The van der Waals surface area contributed by atoms with E-state index in [0.717, 1.165) is 65.2 Å². The van der Waals surface area contributed by atoms with Crippen LogP contribution in [0.5, 0.6) is 0 Å². The second-order valence-electron chi connectivity index (χ2n) is 13.0. The molecule has 1 aromatic heterocycles. The van der Waals surface area contributed by atoms with E-state index in [1.807, 2.05) is 59.0 Å². The lowest BCUT2D eigenvalue weighted by Gasteiger charge is -2.22. The van der Waals surface area contributed by atoms with Crippen LogP contribution in [0.3, 0.4) is 0 Å². The van der Waals surface area contributed by atoms with E-state index in [1.165, 1.54) is 39.7 Å². The highest BCUT2D eigenvalue weighted by molar-refractivity contribution is 8.76. The summed E-state index contributed by atoms with van der Waals surface area (Å²) in [6.45, 7) is 12.6. The van der Waals surface area contributed by atoms with E-state index < -0.39 is 0 Å². The maximum atomic E-state index is 4.16. The van der Waals surface area contributed by atoms with Crippen molar-refractivity contribution in [3.05, 3.63) is 120 Å². The largest absolute Gasteiger partial charge is 0.375 e. The molecule has 0 bridgehead atoms. The predicted octanol–water partition coefficient (Wildman–Crippen LogP) is 8.98. The summed E-state index contributed by atoms with van der Waals surface area (Å²) in [4.78, 5) is 13.8. The molecule has 0 radical (unpaired) electrons. The van der Waals surface area contributed by atoms with Gasteiger partial charge in [0, 0.05) is 94.1 Å². The van der Waals surface area contributed by atoms with Crippen LogP contribution in [0, 0.1) is 0 Å². The van der Waals surface area contributed by atoms with Crippen LogP contribution in [0.25, 0.3) is 18.2 Å². The molecule has 280 valence electrons. The summed E-state index contributed by atoms with van der Waals surface area (Å²) in [6, 6.07) is 24.0. The summed E-state index contributed by atoms with van der Waals surface area (Å²) in [6.07, 6.45) is 22.9. The standard InChI is InChI=1S/C44H63N6S2/c1-7-45-30-14-11-9-10-12-18-40-20-25-42(26-21-40)48(5)33-16-31-46(3)36-38-51-52-39-37-47(4)32-17-34-49(6)43-27-22-41(23-28-43)24-29-44-19-13-15-35-50(44)8-2/h9-15,18-30,35H,7-8,16-17,31-34,36-39H2,1-6H3/q+1/b10-9+,14-11-,18-12+,45-30+. The number of rotatable bonds is 25. The van der Waals surface area contributed by atoms with Crippen LogP contribution < -0.4 is 14.4 Å². The van der Waals surface area contributed by atoms with Crippen molar-refractivity contribution >= 4 is 57.4 Å². The molecule has 0 N–H and O–H groups in total. The normalized spacial score (nSPS) is 12.3. The third-order valence-corrected chi connectivity index (χ3v) is 11.2. The van der Waals surface area contributed by atoms with Crippen molar-refractivity contribution in [1.82, 2.24) is 9.80 Å². The van der Waals surface area contributed by atoms with Gasteiger partial charge in [0.2, 0.25) is 5.69 Å². The van der Waals surface area contributed by atoms with Gasteiger partial charge in [0.05, 0.1) is 0 Å². The first-order valence-electron chi connectivity index (χ1n) is 18.8. The first-order chi connectivity index (χ1) is 25.4. The van der Waals surface area contributed by atoms with Crippen molar-refractivity contribution in [2.24, 2.45) is 4.99 Å². The highest BCUT2D eigenvalue weighted by atomic mass is 33.1. The predicted molar refractivity (Wildman–Crippen MR) is 236 cm³/mol. The van der Waals surface area contributed by atoms with Crippen LogP contribution in [0.2, 0.25) is 0 Å². The van der Waals surface area contributed by atoms with Crippen molar-refractivity contribution in [1.29, 1.82) is 0 Å². The zero-order chi connectivity index (χ0) is 37.2. The minimum Gasteiger partial charge on any atom is -0.375 e. The van der Waals surface area contributed by atoms with Gasteiger partial charge in [-0.1, -0.05) is 76.2 Å². The molecule has 6 nitrogen and oxygen atoms in total. The molecule has 8 heteroatoms. The summed E-state index contributed by atoms with van der Waals surface area (Å²) in [7, 11) is 12.9. The van der Waals surface area contributed by atoms with Crippen molar-refractivity contribution < 1.29 is 4.57 Å². The third kappa shape index (κ3) is 17.8. The van der Waals surface area contributed by atoms with Gasteiger partial charge in [-0.05, 0) is 107 Å². The van der Waals surface area contributed by atoms with Crippen LogP contribution in [-0.2, 0) is 6.54 Å². The number of anilines is 2. The summed E-state index contributed by atoms with van der Waals surface area (Å²) in [5.74, 6) is 2.33. The zero-order valence-electron chi connectivity index (χ0n) is 32.6. The molecule has 0 fully saturated rings. The number of pyridine rings is 1. The van der Waals surface area contributed by atoms with Gasteiger partial charge in [-0.15, -0.1) is 0 Å². The summed E-state index contributed by atoms with van der Waals surface area (Å²) in [5.41, 5.74) is 6.19. The fourth-order valence-electron chi connectivity index (χ4n) is 5.51. The number of hydrogen-bond donors (Lipinski definition) is 0. The molecule has 0 aliphatic heterocycles. The van der Waals surface area contributed by atoms with Crippen LogP contribution in [0.1, 0.15) is 43.5 Å². The maximum Gasteiger partial charge on any atom is 0.205 e. The summed E-state index contributed by atoms with van der Waals surface area (Å²) < 4.78 is 2.25. The summed E-state index contributed by atoms with van der Waals surface area (Å²) in [5, 5.41) is 0. The molecule has 0 amide bonds. The first kappa shape index (κ1) is 42.8. The minimum absolute atomic E-state index is 0.820. The third-order valence-electron chi connectivity index (χ3n) is 8.80. The number of allylic oxidation sites excluding steroid dienone is 5. The van der Waals surface area contributed by atoms with E-state index in [0.29, 0.717) is 0 Å². The van der Waals surface area contributed by atoms with Gasteiger partial charge in [-0.25, -0.2) is 0 Å². The number of nitrogens with zero attached hydrogens (tertiary/aromatic N) is 6. The number of aromatic nitrogens is 1. The maximum absolute atomic E-state index is 4.16. The molecule has 3 rings (SSSR count). The average Bonchev–Trinajstić information content (AvgIpc) is 3.16. The lowest BCUT2D eigenvalue weighted by Crippen LogP contribution is -2.34. The molecule has 3 aromatic rings. The molecule has 0 spiro atoms. The second kappa shape index (κ2) is 26.2. The Labute approximate surface area is 324 Å². The van der Waals surface area contributed by atoms with Crippen molar-refractivity contribution in [2.45, 2.75) is 33.2 Å². The van der Waals surface area contributed by atoms with Gasteiger partial charge in [0.15, 0.2) is 6.20 Å². The Hall–Kier alpha value is -3.56. The van der Waals surface area contributed by atoms with E-state index in [2.05, 4.69) is 162 Å². The monoisotopic (exact) mass is 739 g/mol. The fraction of sp³-hybridized carbons (Fsp3) is 0.409. The Kier molecular flexibility index (Phi) is 21.6. The molecule has 0 aliphatic rings. The Morgan fingerprint density at radius 3 is 1.67 bits per heavy atom. The molecule has 0 atom stereocenters. The van der Waals surface area contributed by atoms with Gasteiger partial charge in [0.1, 0.15) is 6.54 Å². The van der Waals surface area contributed by atoms with Gasteiger partial charge >= 0.3 is 0 Å². The lowest BCUT2D eigenvalue weighted by molar-refractivity contribution is -0.695. The van der Waals surface area contributed by atoms with Gasteiger partial charge in [-0.3, -0.25) is 4.99 Å². The molecule has 0 aliphatic carbocycles. The molecule has 0 saturated carbocycles. The Morgan fingerprint density at radius 1 is 0.577 bits per heavy atom. The molecular weight excluding hydrogens is 677 g/mol. The number of aliphatic imine (C=N–C) groups is 1. The summed E-state index contributed by atoms with van der Waals surface area (Å²) >= 11 is 0. The molecule has 0 unspecified atom stereocenters. The number of aryl methyl sites for hydroxylation is 1. The van der Waals surface area contributed by atoms with Gasteiger partial charge in [0.25, 0.3) is 0 Å². The second-order valence-corrected chi connectivity index (χ2v) is 15.7. The quantitative estimate of drug-likeness (QED) is 0.0284. The SMILES string of the molecule is CC/N=C/C=C\C=C\C=C\c1ccc(N(C)CCCN(C)CCSSCCN(C)CCCN(C)c2ccc(/C=C/c3cccc[n+]3CC)cc2)cc1. The number of benzene rings is 2. The molecule has 52 heavy (non-hydrogen) atoms. The molecule has 0 saturated heterocycles. The topological polar surface area (TPSA) is 29.2 Å². The highest BCUT2D eigenvalue weighted by Crippen LogP contribution is 2.21.